The molecular weight excluding hydrogens is 304 g/mol. The van der Waals surface area contributed by atoms with Crippen molar-refractivity contribution in [3.8, 4) is 0 Å². The molecule has 2 aromatic carbocycles. The number of esters is 1. The zero-order valence-electron chi connectivity index (χ0n) is 13.7. The van der Waals surface area contributed by atoms with Crippen LogP contribution < -0.4 is 5.63 Å². The molecule has 0 aliphatic heterocycles. The van der Waals surface area contributed by atoms with Crippen LogP contribution in [0.25, 0.3) is 11.0 Å². The molecule has 0 aliphatic carbocycles. The minimum absolute atomic E-state index is 0.0281. The zero-order chi connectivity index (χ0) is 17.1. The van der Waals surface area contributed by atoms with Crippen LogP contribution in [0, 0.1) is 6.92 Å². The number of carbonyl (C=O) groups excluding carboxylic acids is 1. The van der Waals surface area contributed by atoms with E-state index in [0.29, 0.717) is 16.7 Å². The van der Waals surface area contributed by atoms with Crippen LogP contribution in [0.2, 0.25) is 0 Å². The SMILES string of the molecule is CCc1ccc2c(COC(=O)c3cccc(C)c3)cc(=O)oc2c1. The average molecular weight is 322 g/mol. The predicted molar refractivity (Wildman–Crippen MR) is 92.2 cm³/mol. The molecule has 0 amide bonds. The van der Waals surface area contributed by atoms with Crippen LogP contribution in [-0.2, 0) is 17.8 Å². The molecule has 0 spiro atoms. The van der Waals surface area contributed by atoms with E-state index in [9.17, 15) is 9.59 Å². The van der Waals surface area contributed by atoms with E-state index in [2.05, 4.69) is 0 Å². The zero-order valence-corrected chi connectivity index (χ0v) is 13.7. The number of benzene rings is 2. The highest BCUT2D eigenvalue weighted by Gasteiger charge is 2.11. The third kappa shape index (κ3) is 3.38. The summed E-state index contributed by atoms with van der Waals surface area (Å²) in [6.45, 7) is 3.98. The molecule has 0 atom stereocenters. The van der Waals surface area contributed by atoms with Crippen LogP contribution in [-0.4, -0.2) is 5.97 Å². The predicted octanol–water partition coefficient (Wildman–Crippen LogP) is 4.02. The molecule has 0 saturated carbocycles. The van der Waals surface area contributed by atoms with Gasteiger partial charge >= 0.3 is 11.6 Å². The highest BCUT2D eigenvalue weighted by molar-refractivity contribution is 5.90. The second-order valence-electron chi connectivity index (χ2n) is 5.72. The van der Waals surface area contributed by atoms with Crippen molar-refractivity contribution in [3.63, 3.8) is 0 Å². The fraction of sp³-hybridized carbons (Fsp3) is 0.200. The van der Waals surface area contributed by atoms with Crippen molar-refractivity contribution in [2.75, 3.05) is 0 Å². The summed E-state index contributed by atoms with van der Waals surface area (Å²) in [7, 11) is 0. The molecule has 0 N–H and O–H groups in total. The van der Waals surface area contributed by atoms with Crippen molar-refractivity contribution in [3.05, 3.63) is 81.2 Å². The quantitative estimate of drug-likeness (QED) is 0.538. The lowest BCUT2D eigenvalue weighted by Gasteiger charge is -2.08. The van der Waals surface area contributed by atoms with Gasteiger partial charge in [0.05, 0.1) is 5.56 Å². The Morgan fingerprint density at radius 2 is 1.96 bits per heavy atom. The summed E-state index contributed by atoms with van der Waals surface area (Å²) in [6, 6.07) is 14.3. The Morgan fingerprint density at radius 3 is 2.71 bits per heavy atom. The van der Waals surface area contributed by atoms with Gasteiger partial charge in [0, 0.05) is 17.0 Å². The highest BCUT2D eigenvalue weighted by atomic mass is 16.5. The molecular formula is C20H18O4. The van der Waals surface area contributed by atoms with Gasteiger partial charge in [0.2, 0.25) is 0 Å². The van der Waals surface area contributed by atoms with Crippen LogP contribution in [0.3, 0.4) is 0 Å². The molecule has 0 saturated heterocycles. The highest BCUT2D eigenvalue weighted by Crippen LogP contribution is 2.20. The van der Waals surface area contributed by atoms with Gasteiger partial charge in [0.25, 0.3) is 0 Å². The molecule has 1 aromatic heterocycles. The van der Waals surface area contributed by atoms with E-state index in [0.717, 1.165) is 22.9 Å². The third-order valence-corrected chi connectivity index (χ3v) is 3.92. The van der Waals surface area contributed by atoms with E-state index in [1.54, 1.807) is 12.1 Å². The van der Waals surface area contributed by atoms with Crippen molar-refractivity contribution < 1.29 is 13.9 Å². The van der Waals surface area contributed by atoms with Gasteiger partial charge < -0.3 is 9.15 Å². The van der Waals surface area contributed by atoms with Crippen molar-refractivity contribution in [2.45, 2.75) is 26.9 Å². The van der Waals surface area contributed by atoms with Crippen molar-refractivity contribution >= 4 is 16.9 Å². The number of carbonyl (C=O) groups is 1. The van der Waals surface area contributed by atoms with Gasteiger partial charge in [-0.3, -0.25) is 0 Å². The lowest BCUT2D eigenvalue weighted by atomic mass is 10.1. The van der Waals surface area contributed by atoms with E-state index in [4.69, 9.17) is 9.15 Å². The Kier molecular flexibility index (Phi) is 4.47. The smallest absolute Gasteiger partial charge is 0.338 e. The van der Waals surface area contributed by atoms with E-state index >= 15 is 0 Å². The summed E-state index contributed by atoms with van der Waals surface area (Å²) in [5.41, 5.74) is 3.28. The van der Waals surface area contributed by atoms with Crippen LogP contribution in [0.5, 0.6) is 0 Å². The maximum Gasteiger partial charge on any atom is 0.338 e. The van der Waals surface area contributed by atoms with E-state index in [-0.39, 0.29) is 6.61 Å². The molecule has 4 heteroatoms. The number of ether oxygens (including phenoxy) is 1. The second-order valence-corrected chi connectivity index (χ2v) is 5.72. The molecule has 3 aromatic rings. The lowest BCUT2D eigenvalue weighted by Crippen LogP contribution is -2.08. The van der Waals surface area contributed by atoms with Gasteiger partial charge in [-0.05, 0) is 37.1 Å². The van der Waals surface area contributed by atoms with Crippen LogP contribution in [0.15, 0.2) is 57.7 Å². The first-order valence-electron chi connectivity index (χ1n) is 7.86. The maximum absolute atomic E-state index is 12.2. The first-order chi connectivity index (χ1) is 11.6. The largest absolute Gasteiger partial charge is 0.457 e. The Morgan fingerprint density at radius 1 is 1.12 bits per heavy atom. The lowest BCUT2D eigenvalue weighted by molar-refractivity contribution is 0.0473. The molecule has 0 fully saturated rings. The molecule has 3 rings (SSSR count). The number of hydrogen-bond acceptors (Lipinski definition) is 4. The fourth-order valence-corrected chi connectivity index (χ4v) is 2.61. The van der Waals surface area contributed by atoms with Gasteiger partial charge in [-0.15, -0.1) is 0 Å². The fourth-order valence-electron chi connectivity index (χ4n) is 2.61. The Balaban J connectivity index is 1.87. The molecule has 122 valence electrons. The van der Waals surface area contributed by atoms with Gasteiger partial charge in [-0.2, -0.15) is 0 Å². The summed E-state index contributed by atoms with van der Waals surface area (Å²) in [5, 5.41) is 0.781. The molecule has 24 heavy (non-hydrogen) atoms. The molecule has 0 radical (unpaired) electrons. The number of rotatable bonds is 4. The number of hydrogen-bond donors (Lipinski definition) is 0. The molecule has 1 heterocycles. The normalized spacial score (nSPS) is 10.8. The molecule has 0 aliphatic rings. The van der Waals surface area contributed by atoms with Gasteiger partial charge in [-0.1, -0.05) is 36.8 Å². The Hall–Kier alpha value is -2.88. The topological polar surface area (TPSA) is 56.5 Å². The average Bonchev–Trinajstić information content (AvgIpc) is 2.58. The summed E-state index contributed by atoms with van der Waals surface area (Å²) in [5.74, 6) is -0.412. The van der Waals surface area contributed by atoms with E-state index in [1.807, 2.05) is 44.2 Å². The number of aryl methyl sites for hydroxylation is 2. The molecule has 0 unspecified atom stereocenters. The summed E-state index contributed by atoms with van der Waals surface area (Å²) in [4.78, 5) is 23.9. The van der Waals surface area contributed by atoms with Gasteiger partial charge in [0.1, 0.15) is 12.2 Å². The van der Waals surface area contributed by atoms with Crippen molar-refractivity contribution in [1.82, 2.24) is 0 Å². The minimum Gasteiger partial charge on any atom is -0.457 e. The second kappa shape index (κ2) is 6.71. The first kappa shape index (κ1) is 16.0. The van der Waals surface area contributed by atoms with Crippen LogP contribution in [0.1, 0.15) is 34.0 Å². The number of fused-ring (bicyclic) bond motifs is 1. The van der Waals surface area contributed by atoms with Gasteiger partial charge in [-0.25, -0.2) is 9.59 Å². The van der Waals surface area contributed by atoms with Crippen LogP contribution >= 0.6 is 0 Å². The third-order valence-electron chi connectivity index (χ3n) is 3.92. The van der Waals surface area contributed by atoms with Crippen molar-refractivity contribution in [2.24, 2.45) is 0 Å². The first-order valence-corrected chi connectivity index (χ1v) is 7.86. The molecule has 4 nitrogen and oxygen atoms in total. The Bertz CT molecular complexity index is 953. The maximum atomic E-state index is 12.2. The minimum atomic E-state index is -0.447. The van der Waals surface area contributed by atoms with Crippen LogP contribution in [0.4, 0.5) is 0 Å². The summed E-state index contributed by atoms with van der Waals surface area (Å²) < 4.78 is 10.6. The van der Waals surface area contributed by atoms with E-state index in [1.165, 1.54) is 6.07 Å². The monoisotopic (exact) mass is 322 g/mol. The molecule has 0 bridgehead atoms. The summed E-state index contributed by atoms with van der Waals surface area (Å²) >= 11 is 0. The van der Waals surface area contributed by atoms with E-state index < -0.39 is 11.6 Å². The van der Waals surface area contributed by atoms with Crippen molar-refractivity contribution in [1.29, 1.82) is 0 Å². The summed E-state index contributed by atoms with van der Waals surface area (Å²) in [6.07, 6.45) is 0.853. The Labute approximate surface area is 139 Å². The van der Waals surface area contributed by atoms with Gasteiger partial charge in [0.15, 0.2) is 0 Å². The standard InChI is InChI=1S/C20H18O4/c1-3-14-7-8-17-16(11-19(21)24-18(17)10-14)12-23-20(22)15-6-4-5-13(2)9-15/h4-11H,3,12H2,1-2H3.